The molecular formula is C12H10F3N5O. The number of nitrogens with two attached hydrogens (primary N) is 1. The Balaban J connectivity index is 2.05. The minimum Gasteiger partial charge on any atom is -0.399 e. The molecule has 9 heteroatoms. The lowest BCUT2D eigenvalue weighted by atomic mass is 10.3. The maximum atomic E-state index is 13.1. The highest BCUT2D eigenvalue weighted by atomic mass is 19.4. The van der Waals surface area contributed by atoms with Gasteiger partial charge in [0, 0.05) is 18.7 Å². The highest BCUT2D eigenvalue weighted by Gasteiger charge is 2.37. The lowest BCUT2D eigenvalue weighted by molar-refractivity contribution is -0.146. The number of aryl methyl sites for hydroxylation is 2. The third kappa shape index (κ3) is 2.54. The minimum absolute atomic E-state index is 0.0365. The number of fused-ring (bicyclic) bond motifs is 1. The Hall–Kier alpha value is -2.58. The molecule has 0 fully saturated rings. The van der Waals surface area contributed by atoms with Crippen LogP contribution in [0.5, 0.6) is 0 Å². The molecule has 21 heavy (non-hydrogen) atoms. The fourth-order valence-electron chi connectivity index (χ4n) is 2.10. The van der Waals surface area contributed by atoms with E-state index in [0.29, 0.717) is 17.0 Å². The lowest BCUT2D eigenvalue weighted by Gasteiger charge is -2.10. The summed E-state index contributed by atoms with van der Waals surface area (Å²) < 4.78 is 44.9. The number of imidazole rings is 1. The molecule has 0 amide bonds. The van der Waals surface area contributed by atoms with Gasteiger partial charge in [-0.25, -0.2) is 4.98 Å². The standard InChI is InChI=1S/C12H10F3N5O/c13-12(14,15)11-18-8-5-7(16)1-2-9(8)20(11)4-3-10-17-6-21-19-10/h1-2,5-6H,3-4,16H2. The van der Waals surface area contributed by atoms with E-state index < -0.39 is 12.0 Å². The molecule has 6 nitrogen and oxygen atoms in total. The Morgan fingerprint density at radius 1 is 1.29 bits per heavy atom. The number of benzene rings is 1. The molecule has 0 radical (unpaired) electrons. The molecule has 0 aliphatic heterocycles. The molecule has 3 aromatic rings. The van der Waals surface area contributed by atoms with Gasteiger partial charge in [0.05, 0.1) is 11.0 Å². The highest BCUT2D eigenvalue weighted by molar-refractivity contribution is 5.79. The van der Waals surface area contributed by atoms with Crippen molar-refractivity contribution in [2.45, 2.75) is 19.1 Å². The molecule has 0 bridgehead atoms. The van der Waals surface area contributed by atoms with E-state index in [4.69, 9.17) is 5.73 Å². The van der Waals surface area contributed by atoms with Gasteiger partial charge in [-0.3, -0.25) is 0 Å². The summed E-state index contributed by atoms with van der Waals surface area (Å²) in [5.74, 6) is -0.632. The van der Waals surface area contributed by atoms with Gasteiger partial charge in [-0.2, -0.15) is 18.2 Å². The van der Waals surface area contributed by atoms with E-state index in [1.807, 2.05) is 0 Å². The molecular weight excluding hydrogens is 287 g/mol. The zero-order chi connectivity index (χ0) is 15.0. The van der Waals surface area contributed by atoms with E-state index >= 15 is 0 Å². The third-order valence-electron chi connectivity index (χ3n) is 2.99. The number of anilines is 1. The van der Waals surface area contributed by atoms with Gasteiger partial charge in [0.25, 0.3) is 0 Å². The Kier molecular flexibility index (Phi) is 3.04. The van der Waals surface area contributed by atoms with Crippen LogP contribution < -0.4 is 5.73 Å². The average Bonchev–Trinajstić information content (AvgIpc) is 3.01. The van der Waals surface area contributed by atoms with Crippen LogP contribution in [0, 0.1) is 0 Å². The van der Waals surface area contributed by atoms with Crippen molar-refractivity contribution in [1.82, 2.24) is 19.7 Å². The first-order valence-electron chi connectivity index (χ1n) is 6.03. The summed E-state index contributed by atoms with van der Waals surface area (Å²) in [7, 11) is 0. The minimum atomic E-state index is -4.55. The summed E-state index contributed by atoms with van der Waals surface area (Å²) in [5.41, 5.74) is 6.51. The van der Waals surface area contributed by atoms with Crippen molar-refractivity contribution in [3.63, 3.8) is 0 Å². The van der Waals surface area contributed by atoms with Gasteiger partial charge in [-0.15, -0.1) is 0 Å². The molecule has 0 saturated carbocycles. The van der Waals surface area contributed by atoms with Crippen molar-refractivity contribution in [2.24, 2.45) is 0 Å². The Labute approximate surface area is 116 Å². The fourth-order valence-corrected chi connectivity index (χ4v) is 2.10. The molecule has 0 aliphatic carbocycles. The molecule has 0 unspecified atom stereocenters. The van der Waals surface area contributed by atoms with Gasteiger partial charge >= 0.3 is 6.18 Å². The van der Waals surface area contributed by atoms with Crippen molar-refractivity contribution >= 4 is 16.7 Å². The summed E-state index contributed by atoms with van der Waals surface area (Å²) in [6.45, 7) is 0.0365. The van der Waals surface area contributed by atoms with Crippen LogP contribution in [-0.2, 0) is 19.1 Å². The molecule has 0 saturated heterocycles. The van der Waals surface area contributed by atoms with Gasteiger partial charge in [0.1, 0.15) is 0 Å². The van der Waals surface area contributed by atoms with Crippen LogP contribution in [-0.4, -0.2) is 19.7 Å². The maximum absolute atomic E-state index is 13.1. The number of nitrogen functional groups attached to an aromatic ring is 1. The number of alkyl halides is 3. The van der Waals surface area contributed by atoms with E-state index in [0.717, 1.165) is 11.0 Å². The van der Waals surface area contributed by atoms with Crippen molar-refractivity contribution in [3.05, 3.63) is 36.2 Å². The summed E-state index contributed by atoms with van der Waals surface area (Å²) in [6.07, 6.45) is -3.22. The van der Waals surface area contributed by atoms with Gasteiger partial charge in [-0.1, -0.05) is 5.16 Å². The zero-order valence-corrected chi connectivity index (χ0v) is 10.6. The van der Waals surface area contributed by atoms with Gasteiger partial charge in [0.15, 0.2) is 5.82 Å². The Bertz CT molecular complexity index is 763. The van der Waals surface area contributed by atoms with Crippen LogP contribution in [0.2, 0.25) is 0 Å². The summed E-state index contributed by atoms with van der Waals surface area (Å²) in [6, 6.07) is 4.47. The fraction of sp³-hybridized carbons (Fsp3) is 0.250. The second-order valence-corrected chi connectivity index (χ2v) is 4.43. The maximum Gasteiger partial charge on any atom is 0.449 e. The number of hydrogen-bond acceptors (Lipinski definition) is 5. The first-order valence-corrected chi connectivity index (χ1v) is 6.03. The normalized spacial score (nSPS) is 12.1. The average molecular weight is 297 g/mol. The van der Waals surface area contributed by atoms with Crippen molar-refractivity contribution in [2.75, 3.05) is 5.73 Å². The number of hydrogen-bond donors (Lipinski definition) is 1. The predicted molar refractivity (Wildman–Crippen MR) is 67.1 cm³/mol. The van der Waals surface area contributed by atoms with E-state index in [1.165, 1.54) is 18.2 Å². The second kappa shape index (κ2) is 4.76. The quantitative estimate of drug-likeness (QED) is 0.750. The molecule has 110 valence electrons. The first kappa shape index (κ1) is 13.4. The number of aromatic nitrogens is 4. The largest absolute Gasteiger partial charge is 0.449 e. The van der Waals surface area contributed by atoms with Gasteiger partial charge in [-0.05, 0) is 18.2 Å². The topological polar surface area (TPSA) is 82.8 Å². The third-order valence-corrected chi connectivity index (χ3v) is 2.99. The number of rotatable bonds is 3. The molecule has 2 aromatic heterocycles. The highest BCUT2D eigenvalue weighted by Crippen LogP contribution is 2.32. The zero-order valence-electron chi connectivity index (χ0n) is 10.6. The number of halogens is 3. The molecule has 1 aromatic carbocycles. The first-order chi connectivity index (χ1) is 9.95. The van der Waals surface area contributed by atoms with Crippen LogP contribution in [0.4, 0.5) is 18.9 Å². The molecule has 2 heterocycles. The summed E-state index contributed by atoms with van der Waals surface area (Å²) >= 11 is 0. The predicted octanol–water partition coefficient (Wildman–Crippen LogP) is 2.26. The van der Waals surface area contributed by atoms with Crippen LogP contribution >= 0.6 is 0 Å². The van der Waals surface area contributed by atoms with Crippen LogP contribution in [0.1, 0.15) is 11.6 Å². The van der Waals surface area contributed by atoms with Gasteiger partial charge in [0.2, 0.25) is 12.2 Å². The van der Waals surface area contributed by atoms with Crippen molar-refractivity contribution < 1.29 is 17.7 Å². The van der Waals surface area contributed by atoms with E-state index in [1.54, 1.807) is 0 Å². The summed E-state index contributed by atoms with van der Waals surface area (Å²) in [4.78, 5) is 7.43. The van der Waals surface area contributed by atoms with Crippen LogP contribution in [0.15, 0.2) is 29.1 Å². The van der Waals surface area contributed by atoms with Crippen molar-refractivity contribution in [1.29, 1.82) is 0 Å². The Morgan fingerprint density at radius 2 is 2.10 bits per heavy atom. The van der Waals surface area contributed by atoms with Gasteiger partial charge < -0.3 is 14.8 Å². The molecule has 2 N–H and O–H groups in total. The smallest absolute Gasteiger partial charge is 0.399 e. The van der Waals surface area contributed by atoms with E-state index in [-0.39, 0.29) is 18.5 Å². The van der Waals surface area contributed by atoms with Crippen LogP contribution in [0.3, 0.4) is 0 Å². The monoisotopic (exact) mass is 297 g/mol. The molecule has 0 atom stereocenters. The Morgan fingerprint density at radius 3 is 2.76 bits per heavy atom. The van der Waals surface area contributed by atoms with Crippen LogP contribution in [0.25, 0.3) is 11.0 Å². The SMILES string of the molecule is Nc1ccc2c(c1)nc(C(F)(F)F)n2CCc1ncon1. The molecule has 3 rings (SSSR count). The van der Waals surface area contributed by atoms with E-state index in [9.17, 15) is 13.2 Å². The lowest BCUT2D eigenvalue weighted by Crippen LogP contribution is -2.16. The number of nitrogens with zero attached hydrogens (tertiary/aromatic N) is 4. The molecule has 0 spiro atoms. The van der Waals surface area contributed by atoms with E-state index in [2.05, 4.69) is 19.6 Å². The summed E-state index contributed by atoms with van der Waals surface area (Å²) in [5, 5.41) is 3.58. The molecule has 0 aliphatic rings. The van der Waals surface area contributed by atoms with Crippen molar-refractivity contribution in [3.8, 4) is 0 Å². The second-order valence-electron chi connectivity index (χ2n) is 4.43.